The molecule has 19 heavy (non-hydrogen) atoms. The van der Waals surface area contributed by atoms with Crippen molar-refractivity contribution in [2.24, 2.45) is 0 Å². The molecule has 0 saturated heterocycles. The Morgan fingerprint density at radius 3 is 2.32 bits per heavy atom. The second-order valence-electron chi connectivity index (χ2n) is 3.93. The van der Waals surface area contributed by atoms with Gasteiger partial charge in [0.05, 0.1) is 5.56 Å². The van der Waals surface area contributed by atoms with Gasteiger partial charge in [-0.1, -0.05) is 17.7 Å². The first kappa shape index (κ1) is 13.6. The molecule has 0 aliphatic rings. The molecule has 2 rings (SSSR count). The van der Waals surface area contributed by atoms with Crippen molar-refractivity contribution in [2.75, 3.05) is 0 Å². The highest BCUT2D eigenvalue weighted by atomic mass is 35.5. The molecule has 1 nitrogen and oxygen atoms in total. The number of Topliss-reactive ketones (excluding diaryl/α,β-unsaturated/α-hetero) is 1. The third kappa shape index (κ3) is 2.96. The van der Waals surface area contributed by atoms with E-state index in [4.69, 9.17) is 11.6 Å². The van der Waals surface area contributed by atoms with Gasteiger partial charge in [0.2, 0.25) is 0 Å². The third-order valence-corrected chi connectivity index (χ3v) is 2.97. The summed E-state index contributed by atoms with van der Waals surface area (Å²) < 4.78 is 39.9. The van der Waals surface area contributed by atoms with Crippen LogP contribution in [0.1, 0.15) is 15.9 Å². The second kappa shape index (κ2) is 5.45. The molecule has 0 amide bonds. The maximum absolute atomic E-state index is 13.4. The summed E-state index contributed by atoms with van der Waals surface area (Å²) in [6.45, 7) is 0. The molecule has 0 aromatic heterocycles. The van der Waals surface area contributed by atoms with Crippen molar-refractivity contribution >= 4 is 17.4 Å². The topological polar surface area (TPSA) is 17.1 Å². The van der Waals surface area contributed by atoms with Gasteiger partial charge in [0.1, 0.15) is 17.5 Å². The van der Waals surface area contributed by atoms with E-state index in [1.54, 1.807) is 0 Å². The van der Waals surface area contributed by atoms with Gasteiger partial charge in [0.15, 0.2) is 5.78 Å². The maximum Gasteiger partial charge on any atom is 0.173 e. The van der Waals surface area contributed by atoms with Crippen molar-refractivity contribution in [3.8, 4) is 0 Å². The molecule has 0 atom stereocenters. The lowest BCUT2D eigenvalue weighted by Crippen LogP contribution is -2.09. The van der Waals surface area contributed by atoms with E-state index in [0.717, 1.165) is 30.3 Å². The van der Waals surface area contributed by atoms with Crippen LogP contribution in [0.2, 0.25) is 5.02 Å². The number of benzene rings is 2. The lowest BCUT2D eigenvalue weighted by molar-refractivity contribution is 0.0985. The average Bonchev–Trinajstić information content (AvgIpc) is 2.33. The summed E-state index contributed by atoms with van der Waals surface area (Å²) >= 11 is 5.80. The molecule has 0 spiro atoms. The molecular weight excluding hydrogens is 277 g/mol. The molecule has 0 heterocycles. The molecule has 2 aromatic carbocycles. The van der Waals surface area contributed by atoms with E-state index < -0.39 is 28.8 Å². The minimum Gasteiger partial charge on any atom is -0.294 e. The van der Waals surface area contributed by atoms with Crippen LogP contribution in [0.15, 0.2) is 36.4 Å². The SMILES string of the molecule is O=C(Cc1cc(F)ccc1Cl)c1c(F)cccc1F. The number of carbonyl (C=O) groups excluding carboxylic acids is 1. The molecule has 0 saturated carbocycles. The van der Waals surface area contributed by atoms with Gasteiger partial charge in [-0.3, -0.25) is 4.79 Å². The van der Waals surface area contributed by atoms with E-state index >= 15 is 0 Å². The smallest absolute Gasteiger partial charge is 0.173 e. The summed E-state index contributed by atoms with van der Waals surface area (Å²) in [5.41, 5.74) is -0.447. The van der Waals surface area contributed by atoms with Crippen molar-refractivity contribution < 1.29 is 18.0 Å². The van der Waals surface area contributed by atoms with Crippen molar-refractivity contribution in [3.63, 3.8) is 0 Å². The Kier molecular flexibility index (Phi) is 3.90. The largest absolute Gasteiger partial charge is 0.294 e. The van der Waals surface area contributed by atoms with Crippen LogP contribution in [-0.2, 0) is 6.42 Å². The minimum absolute atomic E-state index is 0.173. The first-order valence-electron chi connectivity index (χ1n) is 5.40. The van der Waals surface area contributed by atoms with Gasteiger partial charge in [0, 0.05) is 11.4 Å². The Labute approximate surface area is 112 Å². The second-order valence-corrected chi connectivity index (χ2v) is 4.34. The molecule has 0 N–H and O–H groups in total. The molecule has 98 valence electrons. The van der Waals surface area contributed by atoms with Crippen LogP contribution in [0.25, 0.3) is 0 Å². The van der Waals surface area contributed by atoms with Crippen molar-refractivity contribution in [1.82, 2.24) is 0 Å². The van der Waals surface area contributed by atoms with Gasteiger partial charge in [-0.05, 0) is 35.9 Å². The summed E-state index contributed by atoms with van der Waals surface area (Å²) in [6.07, 6.45) is -0.367. The van der Waals surface area contributed by atoms with Crippen LogP contribution in [-0.4, -0.2) is 5.78 Å². The van der Waals surface area contributed by atoms with E-state index in [0.29, 0.717) is 0 Å². The normalized spacial score (nSPS) is 10.5. The molecule has 0 unspecified atom stereocenters. The van der Waals surface area contributed by atoms with Gasteiger partial charge >= 0.3 is 0 Å². The number of ketones is 1. The Morgan fingerprint density at radius 2 is 1.68 bits per heavy atom. The molecular formula is C14H8ClF3O. The summed E-state index contributed by atoms with van der Waals surface area (Å²) in [4.78, 5) is 11.9. The molecule has 0 radical (unpaired) electrons. The van der Waals surface area contributed by atoms with Crippen molar-refractivity contribution in [1.29, 1.82) is 0 Å². The van der Waals surface area contributed by atoms with Crippen molar-refractivity contribution in [3.05, 3.63) is 70.0 Å². The minimum atomic E-state index is -0.947. The highest BCUT2D eigenvalue weighted by Gasteiger charge is 2.18. The maximum atomic E-state index is 13.4. The molecule has 0 bridgehead atoms. The van der Waals surface area contributed by atoms with Crippen LogP contribution in [0.5, 0.6) is 0 Å². The van der Waals surface area contributed by atoms with Gasteiger partial charge in [-0.2, -0.15) is 0 Å². The Bertz CT molecular complexity index is 620. The summed E-state index contributed by atoms with van der Waals surface area (Å²) in [6, 6.07) is 6.64. The molecule has 0 fully saturated rings. The van der Waals surface area contributed by atoms with Crippen molar-refractivity contribution in [2.45, 2.75) is 6.42 Å². The van der Waals surface area contributed by atoms with Crippen LogP contribution >= 0.6 is 11.6 Å². The quantitative estimate of drug-likeness (QED) is 0.773. The summed E-state index contributed by atoms with van der Waals surface area (Å²) in [7, 11) is 0. The first-order chi connectivity index (χ1) is 8.99. The zero-order valence-electron chi connectivity index (χ0n) is 9.59. The summed E-state index contributed by atoms with van der Waals surface area (Å²) in [5.74, 6) is -3.25. The number of halogens is 4. The van der Waals surface area contributed by atoms with Gasteiger partial charge in [0.25, 0.3) is 0 Å². The standard InChI is InChI=1S/C14H8ClF3O/c15-10-5-4-9(16)6-8(10)7-13(19)14-11(17)2-1-3-12(14)18/h1-6H,7H2. The molecule has 0 aliphatic heterocycles. The molecule has 5 heteroatoms. The van der Waals surface area contributed by atoms with E-state index in [9.17, 15) is 18.0 Å². The average molecular weight is 285 g/mol. The lowest BCUT2D eigenvalue weighted by atomic mass is 10.0. The predicted octanol–water partition coefficient (Wildman–Crippen LogP) is 4.18. The van der Waals surface area contributed by atoms with Gasteiger partial charge in [-0.15, -0.1) is 0 Å². The molecule has 0 aliphatic carbocycles. The Hall–Kier alpha value is -1.81. The third-order valence-electron chi connectivity index (χ3n) is 2.60. The van der Waals surface area contributed by atoms with Gasteiger partial charge < -0.3 is 0 Å². The fraction of sp³-hybridized carbons (Fsp3) is 0.0714. The zero-order chi connectivity index (χ0) is 14.0. The van der Waals surface area contributed by atoms with Crippen LogP contribution in [0, 0.1) is 17.5 Å². The Morgan fingerprint density at radius 1 is 1.05 bits per heavy atom. The Balaban J connectivity index is 2.34. The van der Waals surface area contributed by atoms with E-state index in [2.05, 4.69) is 0 Å². The number of hydrogen-bond acceptors (Lipinski definition) is 1. The number of rotatable bonds is 3. The van der Waals surface area contributed by atoms with Crippen LogP contribution in [0.4, 0.5) is 13.2 Å². The van der Waals surface area contributed by atoms with Crippen LogP contribution in [0.3, 0.4) is 0 Å². The van der Waals surface area contributed by atoms with E-state index in [1.165, 1.54) is 6.07 Å². The zero-order valence-corrected chi connectivity index (χ0v) is 10.3. The lowest BCUT2D eigenvalue weighted by Gasteiger charge is -2.06. The number of hydrogen-bond donors (Lipinski definition) is 0. The highest BCUT2D eigenvalue weighted by Crippen LogP contribution is 2.21. The van der Waals surface area contributed by atoms with Crippen LogP contribution < -0.4 is 0 Å². The summed E-state index contributed by atoms with van der Waals surface area (Å²) in [5, 5.41) is 0.173. The van der Waals surface area contributed by atoms with E-state index in [-0.39, 0.29) is 17.0 Å². The molecule has 2 aromatic rings. The highest BCUT2D eigenvalue weighted by molar-refractivity contribution is 6.31. The number of carbonyl (C=O) groups is 1. The fourth-order valence-corrected chi connectivity index (χ4v) is 1.89. The van der Waals surface area contributed by atoms with Gasteiger partial charge in [-0.25, -0.2) is 13.2 Å². The van der Waals surface area contributed by atoms with E-state index in [1.807, 2.05) is 0 Å². The first-order valence-corrected chi connectivity index (χ1v) is 5.78. The fourth-order valence-electron chi connectivity index (χ4n) is 1.70. The predicted molar refractivity (Wildman–Crippen MR) is 65.8 cm³/mol. The monoisotopic (exact) mass is 284 g/mol.